The van der Waals surface area contributed by atoms with Crippen molar-refractivity contribution in [1.82, 2.24) is 9.55 Å². The molecule has 0 aliphatic carbocycles. The van der Waals surface area contributed by atoms with Gasteiger partial charge in [-0.25, -0.2) is 4.79 Å². The van der Waals surface area contributed by atoms with E-state index in [2.05, 4.69) is 4.98 Å². The van der Waals surface area contributed by atoms with Crippen LogP contribution in [0.25, 0.3) is 10.2 Å². The molecule has 2 heterocycles. The molecule has 102 valence electrons. The molecular weight excluding hydrogens is 268 g/mol. The predicted octanol–water partition coefficient (Wildman–Crippen LogP) is 1.04. The molecule has 2 rings (SSSR count). The molecule has 2 aromatic heterocycles. The number of hydrogen-bond donors (Lipinski definition) is 2. The number of aromatic amines is 1. The second kappa shape index (κ2) is 4.65. The molecule has 0 spiro atoms. The van der Waals surface area contributed by atoms with Crippen LogP contribution >= 0.6 is 11.3 Å². The zero-order chi connectivity index (χ0) is 14.3. The lowest BCUT2D eigenvalue weighted by Crippen LogP contribution is -2.32. The molecule has 2 aromatic rings. The van der Waals surface area contributed by atoms with Crippen molar-refractivity contribution in [1.29, 1.82) is 0 Å². The van der Waals surface area contributed by atoms with Gasteiger partial charge in [0.1, 0.15) is 4.83 Å². The maximum absolute atomic E-state index is 12.1. The Morgan fingerprint density at radius 1 is 1.42 bits per heavy atom. The van der Waals surface area contributed by atoms with Gasteiger partial charge in [0, 0.05) is 11.9 Å². The Balaban J connectivity index is 2.92. The van der Waals surface area contributed by atoms with Crippen molar-refractivity contribution >= 4 is 27.5 Å². The van der Waals surface area contributed by atoms with E-state index in [1.807, 2.05) is 13.8 Å². The van der Waals surface area contributed by atoms with E-state index in [1.165, 1.54) is 18.4 Å². The Bertz CT molecular complexity index is 766. The molecule has 0 aliphatic heterocycles. The standard InChI is InChI=1S/C12H14N2O4S/c1-5(2)9-6(4-7(15)16)8-10(19-9)13-12(18)14(3)11(8)17/h5H,4H2,1-3H3,(H,13,18)(H,15,16). The molecule has 0 aromatic carbocycles. The van der Waals surface area contributed by atoms with Gasteiger partial charge >= 0.3 is 11.7 Å². The molecule has 0 fully saturated rings. The number of carbonyl (C=O) groups is 1. The first-order chi connectivity index (χ1) is 8.82. The number of thiophene rings is 1. The van der Waals surface area contributed by atoms with E-state index in [-0.39, 0.29) is 12.3 Å². The van der Waals surface area contributed by atoms with Crippen LogP contribution in [0.2, 0.25) is 0 Å². The molecule has 19 heavy (non-hydrogen) atoms. The first-order valence-electron chi connectivity index (χ1n) is 5.79. The smallest absolute Gasteiger partial charge is 0.329 e. The summed E-state index contributed by atoms with van der Waals surface area (Å²) in [6, 6.07) is 0. The number of nitrogens with zero attached hydrogens (tertiary/aromatic N) is 1. The molecular formula is C12H14N2O4S. The van der Waals surface area contributed by atoms with Gasteiger partial charge in [-0.2, -0.15) is 0 Å². The average Bonchev–Trinajstić information content (AvgIpc) is 2.64. The summed E-state index contributed by atoms with van der Waals surface area (Å²) in [5.41, 5.74) is -0.423. The van der Waals surface area contributed by atoms with Crippen LogP contribution in [0.3, 0.4) is 0 Å². The Kier molecular flexibility index (Phi) is 3.32. The number of fused-ring (bicyclic) bond motifs is 1. The third-order valence-electron chi connectivity index (χ3n) is 2.93. The number of carboxylic acid groups (broad SMARTS) is 1. The molecule has 0 saturated carbocycles. The van der Waals surface area contributed by atoms with Gasteiger partial charge in [-0.15, -0.1) is 11.3 Å². The minimum absolute atomic E-state index is 0.0972. The van der Waals surface area contributed by atoms with E-state index in [4.69, 9.17) is 5.11 Å². The Morgan fingerprint density at radius 2 is 2.05 bits per heavy atom. The predicted molar refractivity (Wildman–Crippen MR) is 73.1 cm³/mol. The van der Waals surface area contributed by atoms with E-state index in [9.17, 15) is 14.4 Å². The highest BCUT2D eigenvalue weighted by atomic mass is 32.1. The minimum atomic E-state index is -0.991. The van der Waals surface area contributed by atoms with Crippen molar-refractivity contribution in [3.05, 3.63) is 31.3 Å². The van der Waals surface area contributed by atoms with Crippen LogP contribution in [0.5, 0.6) is 0 Å². The summed E-state index contributed by atoms with van der Waals surface area (Å²) in [6.07, 6.45) is -0.213. The van der Waals surface area contributed by atoms with Gasteiger partial charge in [-0.1, -0.05) is 13.8 Å². The van der Waals surface area contributed by atoms with Crippen LogP contribution in [-0.4, -0.2) is 20.6 Å². The fraction of sp³-hybridized carbons (Fsp3) is 0.417. The lowest BCUT2D eigenvalue weighted by atomic mass is 10.0. The van der Waals surface area contributed by atoms with E-state index in [1.54, 1.807) is 0 Å². The number of rotatable bonds is 3. The Hall–Kier alpha value is -1.89. The van der Waals surface area contributed by atoms with Crippen LogP contribution in [0.4, 0.5) is 0 Å². The van der Waals surface area contributed by atoms with E-state index in [0.29, 0.717) is 15.8 Å². The molecule has 6 nitrogen and oxygen atoms in total. The van der Waals surface area contributed by atoms with Crippen LogP contribution in [0, 0.1) is 0 Å². The minimum Gasteiger partial charge on any atom is -0.481 e. The van der Waals surface area contributed by atoms with Gasteiger partial charge in [0.15, 0.2) is 0 Å². The summed E-state index contributed by atoms with van der Waals surface area (Å²) in [7, 11) is 1.37. The van der Waals surface area contributed by atoms with Crippen LogP contribution < -0.4 is 11.2 Å². The highest BCUT2D eigenvalue weighted by Crippen LogP contribution is 2.33. The molecule has 0 bridgehead atoms. The van der Waals surface area contributed by atoms with Gasteiger partial charge in [-0.05, 0) is 11.5 Å². The molecule has 2 N–H and O–H groups in total. The summed E-state index contributed by atoms with van der Waals surface area (Å²) in [4.78, 5) is 38.6. The summed E-state index contributed by atoms with van der Waals surface area (Å²) in [5, 5.41) is 9.31. The second-order valence-corrected chi connectivity index (χ2v) is 5.72. The average molecular weight is 282 g/mol. The second-order valence-electron chi connectivity index (χ2n) is 4.67. The Labute approximate surface area is 112 Å². The molecule has 0 unspecified atom stereocenters. The van der Waals surface area contributed by atoms with Gasteiger partial charge in [0.2, 0.25) is 0 Å². The number of aliphatic carboxylic acids is 1. The quantitative estimate of drug-likeness (QED) is 0.879. The highest BCUT2D eigenvalue weighted by Gasteiger charge is 2.21. The molecule has 7 heteroatoms. The van der Waals surface area contributed by atoms with E-state index < -0.39 is 17.2 Å². The molecule has 0 aliphatic rings. The Morgan fingerprint density at radius 3 is 2.58 bits per heavy atom. The van der Waals surface area contributed by atoms with Gasteiger partial charge in [0.25, 0.3) is 5.56 Å². The number of nitrogens with one attached hydrogen (secondary N) is 1. The van der Waals surface area contributed by atoms with Gasteiger partial charge in [-0.3, -0.25) is 19.1 Å². The van der Waals surface area contributed by atoms with Crippen LogP contribution in [-0.2, 0) is 18.3 Å². The number of hydrogen-bond acceptors (Lipinski definition) is 4. The van der Waals surface area contributed by atoms with Crippen LogP contribution in [0.1, 0.15) is 30.2 Å². The van der Waals surface area contributed by atoms with E-state index >= 15 is 0 Å². The van der Waals surface area contributed by atoms with E-state index in [0.717, 1.165) is 9.44 Å². The summed E-state index contributed by atoms with van der Waals surface area (Å²) >= 11 is 1.28. The molecule has 0 radical (unpaired) electrons. The number of carboxylic acids is 1. The zero-order valence-corrected chi connectivity index (χ0v) is 11.6. The first kappa shape index (κ1) is 13.5. The molecule has 0 saturated heterocycles. The van der Waals surface area contributed by atoms with Gasteiger partial charge < -0.3 is 5.11 Å². The zero-order valence-electron chi connectivity index (χ0n) is 10.8. The number of aromatic nitrogens is 2. The van der Waals surface area contributed by atoms with Crippen molar-refractivity contribution in [2.45, 2.75) is 26.2 Å². The van der Waals surface area contributed by atoms with Gasteiger partial charge in [0.05, 0.1) is 11.8 Å². The van der Waals surface area contributed by atoms with Crippen molar-refractivity contribution < 1.29 is 9.90 Å². The first-order valence-corrected chi connectivity index (χ1v) is 6.61. The lowest BCUT2D eigenvalue weighted by Gasteiger charge is -2.04. The summed E-state index contributed by atoms with van der Waals surface area (Å²) < 4.78 is 0.963. The highest BCUT2D eigenvalue weighted by molar-refractivity contribution is 7.18. The largest absolute Gasteiger partial charge is 0.481 e. The van der Waals surface area contributed by atoms with Crippen molar-refractivity contribution in [3.63, 3.8) is 0 Å². The van der Waals surface area contributed by atoms with Crippen LogP contribution in [0.15, 0.2) is 9.59 Å². The lowest BCUT2D eigenvalue weighted by molar-refractivity contribution is -0.136. The molecule has 0 amide bonds. The fourth-order valence-corrected chi connectivity index (χ4v) is 3.23. The van der Waals surface area contributed by atoms with Crippen molar-refractivity contribution in [2.75, 3.05) is 0 Å². The normalized spacial score (nSPS) is 11.4. The van der Waals surface area contributed by atoms with Crippen molar-refractivity contribution in [3.8, 4) is 0 Å². The summed E-state index contributed by atoms with van der Waals surface area (Å²) in [6.45, 7) is 3.86. The topological polar surface area (TPSA) is 92.2 Å². The fourth-order valence-electron chi connectivity index (χ4n) is 2.03. The third kappa shape index (κ3) is 2.21. The monoisotopic (exact) mass is 282 g/mol. The maximum atomic E-state index is 12.1. The van der Waals surface area contributed by atoms with Crippen molar-refractivity contribution in [2.24, 2.45) is 7.05 Å². The SMILES string of the molecule is CC(C)c1sc2[nH]c(=O)n(C)c(=O)c2c1CC(=O)O. The summed E-state index contributed by atoms with van der Waals surface area (Å²) in [5.74, 6) is -0.894. The number of H-pyrrole nitrogens is 1. The third-order valence-corrected chi connectivity index (χ3v) is 4.38. The maximum Gasteiger partial charge on any atom is 0.329 e. The molecule has 0 atom stereocenters.